The van der Waals surface area contributed by atoms with Gasteiger partial charge in [-0.1, -0.05) is 18.0 Å². The van der Waals surface area contributed by atoms with Gasteiger partial charge in [0.1, 0.15) is 0 Å². The van der Waals surface area contributed by atoms with E-state index in [-0.39, 0.29) is 0 Å². The highest BCUT2D eigenvalue weighted by atomic mass is 35.5. The molecule has 1 aromatic heterocycles. The number of fused-ring (bicyclic) bond motifs is 1. The van der Waals surface area contributed by atoms with Gasteiger partial charge in [0.25, 0.3) is 0 Å². The number of hydrogen-bond acceptors (Lipinski definition) is 4. The van der Waals surface area contributed by atoms with Crippen molar-refractivity contribution < 1.29 is 0 Å². The van der Waals surface area contributed by atoms with Crippen LogP contribution in [0.15, 0.2) is 36.5 Å². The van der Waals surface area contributed by atoms with E-state index >= 15 is 0 Å². The third-order valence-corrected chi connectivity index (χ3v) is 5.33. The van der Waals surface area contributed by atoms with E-state index in [0.717, 1.165) is 23.1 Å². The average molecular weight is 357 g/mol. The third kappa shape index (κ3) is 4.39. The van der Waals surface area contributed by atoms with Crippen molar-refractivity contribution in [1.82, 2.24) is 10.3 Å². The molecule has 0 radical (unpaired) electrons. The minimum absolute atomic E-state index is 0.379. The summed E-state index contributed by atoms with van der Waals surface area (Å²) in [5.74, 6) is 2.13. The fraction of sp³-hybridized carbons (Fsp3) is 0.400. The molecule has 1 aliphatic heterocycles. The van der Waals surface area contributed by atoms with E-state index in [9.17, 15) is 0 Å². The Hall–Kier alpha value is -1.91. The molecule has 4 rings (SSSR count). The highest BCUT2D eigenvalue weighted by Gasteiger charge is 2.30. The quantitative estimate of drug-likeness (QED) is 0.561. The van der Waals surface area contributed by atoms with Crippen LogP contribution in [0.1, 0.15) is 36.1 Å². The SMILES string of the molecule is C1C[C@@H]2CNC[C@@H]2C1.Cc1cc(C(=N)c2ccc(Cl)cc2N)ccn1. The molecule has 4 N–H and O–H groups in total. The van der Waals surface area contributed by atoms with Gasteiger partial charge in [-0.2, -0.15) is 0 Å². The van der Waals surface area contributed by atoms with Gasteiger partial charge >= 0.3 is 0 Å². The molecule has 0 unspecified atom stereocenters. The number of hydrogen-bond donors (Lipinski definition) is 3. The maximum absolute atomic E-state index is 8.13. The fourth-order valence-electron chi connectivity index (χ4n) is 3.72. The van der Waals surface area contributed by atoms with Gasteiger partial charge in [-0.3, -0.25) is 10.4 Å². The van der Waals surface area contributed by atoms with Crippen LogP contribution in [0.25, 0.3) is 0 Å². The number of rotatable bonds is 2. The first-order chi connectivity index (χ1) is 12.0. The highest BCUT2D eigenvalue weighted by Crippen LogP contribution is 2.33. The Labute approximate surface area is 154 Å². The first-order valence-corrected chi connectivity index (χ1v) is 9.20. The van der Waals surface area contributed by atoms with E-state index < -0.39 is 0 Å². The summed E-state index contributed by atoms with van der Waals surface area (Å²) in [6.07, 6.45) is 6.18. The first kappa shape index (κ1) is 17.9. The van der Waals surface area contributed by atoms with Crippen molar-refractivity contribution in [3.63, 3.8) is 0 Å². The van der Waals surface area contributed by atoms with E-state index in [0.29, 0.717) is 22.0 Å². The van der Waals surface area contributed by atoms with Crippen LogP contribution >= 0.6 is 11.6 Å². The Bertz CT molecular complexity index is 739. The van der Waals surface area contributed by atoms with Crippen molar-refractivity contribution in [2.45, 2.75) is 26.2 Å². The number of anilines is 1. The van der Waals surface area contributed by atoms with Crippen molar-refractivity contribution in [1.29, 1.82) is 5.41 Å². The van der Waals surface area contributed by atoms with Gasteiger partial charge in [-0.05, 0) is 75.0 Å². The molecule has 2 heterocycles. The molecule has 2 fully saturated rings. The van der Waals surface area contributed by atoms with Crippen LogP contribution in [0.3, 0.4) is 0 Å². The molecule has 132 valence electrons. The first-order valence-electron chi connectivity index (χ1n) is 8.82. The van der Waals surface area contributed by atoms with E-state index in [1.807, 2.05) is 13.0 Å². The molecule has 1 aromatic carbocycles. The molecular weight excluding hydrogens is 332 g/mol. The fourth-order valence-corrected chi connectivity index (χ4v) is 3.90. The maximum Gasteiger partial charge on any atom is 0.0706 e. The topological polar surface area (TPSA) is 74.8 Å². The van der Waals surface area contributed by atoms with Crippen molar-refractivity contribution in [2.24, 2.45) is 11.8 Å². The normalized spacial score (nSPS) is 21.4. The third-order valence-electron chi connectivity index (χ3n) is 5.10. The standard InChI is InChI=1S/C13H12ClN3.C7H13N/c1-8-6-9(4-5-17-8)13(16)11-3-2-10(14)7-12(11)15;1-2-6-4-8-5-7(6)3-1/h2-7,16H,15H2,1H3;6-8H,1-5H2/t;6-,7+. The lowest BCUT2D eigenvalue weighted by Crippen LogP contribution is -2.08. The molecule has 5 heteroatoms. The smallest absolute Gasteiger partial charge is 0.0706 e. The van der Waals surface area contributed by atoms with Crippen molar-refractivity contribution >= 4 is 23.0 Å². The monoisotopic (exact) mass is 356 g/mol. The number of halogens is 1. The molecule has 2 aliphatic rings. The minimum Gasteiger partial charge on any atom is -0.398 e. The van der Waals surface area contributed by atoms with E-state index in [1.54, 1.807) is 30.5 Å². The van der Waals surface area contributed by atoms with Gasteiger partial charge in [-0.25, -0.2) is 0 Å². The van der Waals surface area contributed by atoms with Crippen molar-refractivity contribution in [2.75, 3.05) is 18.8 Å². The summed E-state index contributed by atoms with van der Waals surface area (Å²) in [6.45, 7) is 4.51. The van der Waals surface area contributed by atoms with Gasteiger partial charge in [0.05, 0.1) is 5.71 Å². The number of pyridine rings is 1. The van der Waals surface area contributed by atoms with Crippen LogP contribution in [-0.4, -0.2) is 23.8 Å². The average Bonchev–Trinajstić information content (AvgIpc) is 3.19. The molecule has 1 aliphatic carbocycles. The number of aryl methyl sites for hydroxylation is 1. The van der Waals surface area contributed by atoms with Gasteiger partial charge in [0, 0.05) is 33.7 Å². The van der Waals surface area contributed by atoms with Gasteiger partial charge in [-0.15, -0.1) is 0 Å². The van der Waals surface area contributed by atoms with Crippen LogP contribution in [0.2, 0.25) is 5.02 Å². The summed E-state index contributed by atoms with van der Waals surface area (Å²) in [7, 11) is 0. The summed E-state index contributed by atoms with van der Waals surface area (Å²) in [4.78, 5) is 4.10. The largest absolute Gasteiger partial charge is 0.398 e. The van der Waals surface area contributed by atoms with Crippen LogP contribution in [0.5, 0.6) is 0 Å². The lowest BCUT2D eigenvalue weighted by atomic mass is 10.0. The lowest BCUT2D eigenvalue weighted by molar-refractivity contribution is 0.494. The van der Waals surface area contributed by atoms with Gasteiger partial charge in [0.15, 0.2) is 0 Å². The number of nitrogens with two attached hydrogens (primary N) is 1. The Morgan fingerprint density at radius 3 is 2.56 bits per heavy atom. The lowest BCUT2D eigenvalue weighted by Gasteiger charge is -2.08. The summed E-state index contributed by atoms with van der Waals surface area (Å²) in [5.41, 5.74) is 9.10. The Morgan fingerprint density at radius 2 is 1.92 bits per heavy atom. The molecule has 4 nitrogen and oxygen atoms in total. The Kier molecular flexibility index (Phi) is 5.71. The molecule has 25 heavy (non-hydrogen) atoms. The number of nitrogen functional groups attached to an aromatic ring is 1. The van der Waals surface area contributed by atoms with Gasteiger partial charge < -0.3 is 11.1 Å². The predicted molar refractivity (Wildman–Crippen MR) is 104 cm³/mol. The number of nitrogens with one attached hydrogen (secondary N) is 2. The molecule has 1 saturated heterocycles. The number of aromatic nitrogens is 1. The molecule has 2 atom stereocenters. The van der Waals surface area contributed by atoms with E-state index in [1.165, 1.54) is 32.4 Å². The van der Waals surface area contributed by atoms with Crippen LogP contribution < -0.4 is 11.1 Å². The molecule has 0 amide bonds. The predicted octanol–water partition coefficient (Wildman–Crippen LogP) is 4.05. The second-order valence-electron chi connectivity index (χ2n) is 6.90. The number of nitrogens with zero attached hydrogens (tertiary/aromatic N) is 1. The van der Waals surface area contributed by atoms with Crippen LogP contribution in [0.4, 0.5) is 5.69 Å². The maximum atomic E-state index is 8.13. The highest BCUT2D eigenvalue weighted by molar-refractivity contribution is 6.31. The molecule has 1 saturated carbocycles. The zero-order valence-corrected chi connectivity index (χ0v) is 15.3. The second-order valence-corrected chi connectivity index (χ2v) is 7.34. The zero-order valence-electron chi connectivity index (χ0n) is 14.6. The van der Waals surface area contributed by atoms with Crippen molar-refractivity contribution in [3.05, 3.63) is 58.4 Å². The van der Waals surface area contributed by atoms with Crippen LogP contribution in [0, 0.1) is 24.2 Å². The summed E-state index contributed by atoms with van der Waals surface area (Å²) < 4.78 is 0. The second kappa shape index (κ2) is 7.98. The van der Waals surface area contributed by atoms with E-state index in [2.05, 4.69) is 10.3 Å². The van der Waals surface area contributed by atoms with Crippen molar-refractivity contribution in [3.8, 4) is 0 Å². The zero-order chi connectivity index (χ0) is 17.8. The van der Waals surface area contributed by atoms with Crippen LogP contribution in [-0.2, 0) is 0 Å². The Morgan fingerprint density at radius 1 is 1.20 bits per heavy atom. The minimum atomic E-state index is 0.379. The summed E-state index contributed by atoms with van der Waals surface area (Å²) in [5, 5.41) is 12.1. The van der Waals surface area contributed by atoms with Gasteiger partial charge in [0.2, 0.25) is 0 Å². The van der Waals surface area contributed by atoms with E-state index in [4.69, 9.17) is 22.7 Å². The summed E-state index contributed by atoms with van der Waals surface area (Å²) >= 11 is 5.83. The molecule has 0 spiro atoms. The number of benzene rings is 1. The summed E-state index contributed by atoms with van der Waals surface area (Å²) in [6, 6.07) is 8.80. The Balaban J connectivity index is 0.000000188. The molecular formula is C20H25ClN4. The molecule has 2 aromatic rings. The molecule has 0 bridgehead atoms.